The second-order valence-corrected chi connectivity index (χ2v) is 6.71. The van der Waals surface area contributed by atoms with Crippen LogP contribution in [0.3, 0.4) is 0 Å². The molecule has 1 N–H and O–H groups in total. The lowest BCUT2D eigenvalue weighted by Gasteiger charge is -2.12. The second kappa shape index (κ2) is 5.67. The molecule has 0 unspecified atom stereocenters. The number of aromatic nitrogens is 4. The van der Waals surface area contributed by atoms with Gasteiger partial charge in [-0.3, -0.25) is 9.40 Å². The molecule has 3 aromatic rings. The molecule has 0 atom stereocenters. The number of halogens is 1. The molecule has 3 rings (SSSR count). The predicted octanol–water partition coefficient (Wildman–Crippen LogP) is 1.83. The highest BCUT2D eigenvalue weighted by Crippen LogP contribution is 2.32. The Balaban J connectivity index is 2.13. The Morgan fingerprint density at radius 3 is 2.65 bits per heavy atom. The van der Waals surface area contributed by atoms with Crippen LogP contribution in [0.2, 0.25) is 5.15 Å². The lowest BCUT2D eigenvalue weighted by molar-refractivity contribution is 0.400. The molecule has 0 spiro atoms. The molecule has 0 bridgehead atoms. The predicted molar refractivity (Wildman–Crippen MR) is 85.1 cm³/mol. The fourth-order valence-electron chi connectivity index (χ4n) is 2.11. The van der Waals surface area contributed by atoms with Gasteiger partial charge in [0.25, 0.3) is 10.0 Å². The quantitative estimate of drug-likeness (QED) is 0.718. The maximum absolute atomic E-state index is 12.6. The van der Waals surface area contributed by atoms with Crippen LogP contribution in [-0.4, -0.2) is 35.3 Å². The van der Waals surface area contributed by atoms with Gasteiger partial charge in [-0.05, 0) is 12.1 Å². The summed E-state index contributed by atoms with van der Waals surface area (Å²) >= 11 is 5.69. The molecule has 0 aromatic carbocycles. The Morgan fingerprint density at radius 2 is 2.00 bits per heavy atom. The van der Waals surface area contributed by atoms with Gasteiger partial charge in [-0.25, -0.2) is 18.4 Å². The average molecular weight is 354 g/mol. The molecule has 120 valence electrons. The van der Waals surface area contributed by atoms with Gasteiger partial charge in [-0.2, -0.15) is 5.10 Å². The van der Waals surface area contributed by atoms with Crippen molar-refractivity contribution in [1.82, 2.24) is 19.7 Å². The Labute approximate surface area is 137 Å². The number of hydrogen-bond acceptors (Lipinski definition) is 6. The number of aryl methyl sites for hydroxylation is 1. The minimum absolute atomic E-state index is 0.0249. The first kappa shape index (κ1) is 15.5. The van der Waals surface area contributed by atoms with Gasteiger partial charge in [-0.1, -0.05) is 11.6 Å². The SMILES string of the molecule is COc1ncc2cnn(C)c2c1NS(=O)(=O)c1ccc(Cl)nc1. The molecule has 0 radical (unpaired) electrons. The summed E-state index contributed by atoms with van der Waals surface area (Å²) in [4.78, 5) is 7.85. The average Bonchev–Trinajstić information content (AvgIpc) is 2.89. The minimum atomic E-state index is -3.88. The number of ether oxygens (including phenoxy) is 1. The summed E-state index contributed by atoms with van der Waals surface area (Å²) in [7, 11) is -0.774. The number of sulfonamides is 1. The van der Waals surface area contributed by atoms with Crippen molar-refractivity contribution in [2.45, 2.75) is 4.90 Å². The van der Waals surface area contributed by atoms with Gasteiger partial charge >= 0.3 is 0 Å². The van der Waals surface area contributed by atoms with E-state index in [1.807, 2.05) is 0 Å². The summed E-state index contributed by atoms with van der Waals surface area (Å²) in [5.74, 6) is 0.145. The third-order valence-corrected chi connectivity index (χ3v) is 4.74. The van der Waals surface area contributed by atoms with Crippen LogP contribution >= 0.6 is 11.6 Å². The van der Waals surface area contributed by atoms with Crippen LogP contribution in [0, 0.1) is 0 Å². The van der Waals surface area contributed by atoms with Crippen molar-refractivity contribution in [3.8, 4) is 5.88 Å². The summed E-state index contributed by atoms with van der Waals surface area (Å²) < 4.78 is 34.3. The van der Waals surface area contributed by atoms with E-state index in [0.717, 1.165) is 0 Å². The van der Waals surface area contributed by atoms with E-state index >= 15 is 0 Å². The first-order valence-corrected chi connectivity index (χ1v) is 8.27. The molecular weight excluding hydrogens is 342 g/mol. The summed E-state index contributed by atoms with van der Waals surface area (Å²) in [5, 5.41) is 4.99. The van der Waals surface area contributed by atoms with Gasteiger partial charge in [0.05, 0.1) is 18.8 Å². The Bertz CT molecular complexity index is 969. The number of hydrogen-bond donors (Lipinski definition) is 1. The topological polar surface area (TPSA) is 99.0 Å². The number of rotatable bonds is 4. The van der Waals surface area contributed by atoms with Crippen molar-refractivity contribution in [3.63, 3.8) is 0 Å². The normalized spacial score (nSPS) is 11.6. The highest BCUT2D eigenvalue weighted by Gasteiger charge is 2.21. The zero-order chi connectivity index (χ0) is 16.6. The van der Waals surface area contributed by atoms with Crippen molar-refractivity contribution >= 4 is 38.2 Å². The van der Waals surface area contributed by atoms with E-state index in [2.05, 4.69) is 19.8 Å². The number of methoxy groups -OCH3 is 1. The molecule has 0 aliphatic rings. The van der Waals surface area contributed by atoms with E-state index in [-0.39, 0.29) is 21.6 Å². The van der Waals surface area contributed by atoms with E-state index in [1.165, 1.54) is 30.1 Å². The lowest BCUT2D eigenvalue weighted by atomic mass is 10.3. The summed E-state index contributed by atoms with van der Waals surface area (Å²) in [6, 6.07) is 2.76. The monoisotopic (exact) mass is 353 g/mol. The van der Waals surface area contributed by atoms with E-state index in [9.17, 15) is 8.42 Å². The van der Waals surface area contributed by atoms with Crippen molar-refractivity contribution in [2.75, 3.05) is 11.8 Å². The molecule has 8 nitrogen and oxygen atoms in total. The van der Waals surface area contributed by atoms with Gasteiger partial charge in [-0.15, -0.1) is 0 Å². The van der Waals surface area contributed by atoms with E-state index in [4.69, 9.17) is 16.3 Å². The molecule has 23 heavy (non-hydrogen) atoms. The van der Waals surface area contributed by atoms with Crippen molar-refractivity contribution in [3.05, 3.63) is 35.9 Å². The van der Waals surface area contributed by atoms with E-state index in [1.54, 1.807) is 19.4 Å². The fourth-order valence-corrected chi connectivity index (χ4v) is 3.23. The van der Waals surface area contributed by atoms with E-state index in [0.29, 0.717) is 10.9 Å². The Hall–Kier alpha value is -2.39. The fraction of sp³-hybridized carbons (Fsp3) is 0.154. The third-order valence-electron chi connectivity index (χ3n) is 3.18. The number of nitrogens with one attached hydrogen (secondary N) is 1. The zero-order valence-electron chi connectivity index (χ0n) is 12.2. The molecule has 3 aromatic heterocycles. The molecule has 0 aliphatic heterocycles. The van der Waals surface area contributed by atoms with Crippen LogP contribution < -0.4 is 9.46 Å². The van der Waals surface area contributed by atoms with Crippen LogP contribution in [0.1, 0.15) is 0 Å². The Morgan fingerprint density at radius 1 is 1.22 bits per heavy atom. The van der Waals surface area contributed by atoms with Crippen molar-refractivity contribution < 1.29 is 13.2 Å². The van der Waals surface area contributed by atoms with Crippen molar-refractivity contribution in [1.29, 1.82) is 0 Å². The van der Waals surface area contributed by atoms with E-state index < -0.39 is 10.0 Å². The molecule has 0 amide bonds. The van der Waals surface area contributed by atoms with Crippen LogP contribution in [0.4, 0.5) is 5.69 Å². The van der Waals surface area contributed by atoms with Gasteiger partial charge in [0.15, 0.2) is 0 Å². The van der Waals surface area contributed by atoms with Crippen LogP contribution in [0.15, 0.2) is 35.6 Å². The molecule has 3 heterocycles. The van der Waals surface area contributed by atoms with Gasteiger partial charge in [0.2, 0.25) is 5.88 Å². The second-order valence-electron chi connectivity index (χ2n) is 4.64. The first-order chi connectivity index (χ1) is 10.9. The largest absolute Gasteiger partial charge is 0.479 e. The van der Waals surface area contributed by atoms with Crippen LogP contribution in [0.25, 0.3) is 10.9 Å². The molecule has 0 aliphatic carbocycles. The molecule has 0 fully saturated rings. The third kappa shape index (κ3) is 2.80. The number of nitrogens with zero attached hydrogens (tertiary/aromatic N) is 4. The first-order valence-electron chi connectivity index (χ1n) is 6.41. The standard InChI is InChI=1S/C13H12ClN5O3S/c1-19-12-8(6-17-19)5-16-13(22-2)11(12)18-23(20,21)9-3-4-10(14)15-7-9/h3-7,18H,1-2H3. The maximum Gasteiger partial charge on any atom is 0.263 e. The van der Waals surface area contributed by atoms with Crippen LogP contribution in [-0.2, 0) is 17.1 Å². The number of anilines is 1. The maximum atomic E-state index is 12.6. The molecule has 0 saturated heterocycles. The minimum Gasteiger partial charge on any atom is -0.479 e. The summed E-state index contributed by atoms with van der Waals surface area (Å²) in [5.41, 5.74) is 0.766. The number of pyridine rings is 2. The van der Waals surface area contributed by atoms with Crippen LogP contribution in [0.5, 0.6) is 5.88 Å². The molecule has 10 heteroatoms. The van der Waals surface area contributed by atoms with Crippen molar-refractivity contribution in [2.24, 2.45) is 7.05 Å². The molecule has 0 saturated carbocycles. The lowest BCUT2D eigenvalue weighted by Crippen LogP contribution is -2.15. The Kier molecular flexibility index (Phi) is 3.82. The van der Waals surface area contributed by atoms with Gasteiger partial charge in [0.1, 0.15) is 15.7 Å². The summed E-state index contributed by atoms with van der Waals surface area (Å²) in [6.07, 6.45) is 4.32. The summed E-state index contributed by atoms with van der Waals surface area (Å²) in [6.45, 7) is 0. The molecular formula is C13H12ClN5O3S. The highest BCUT2D eigenvalue weighted by atomic mass is 35.5. The van der Waals surface area contributed by atoms with Gasteiger partial charge < -0.3 is 4.74 Å². The smallest absolute Gasteiger partial charge is 0.263 e. The highest BCUT2D eigenvalue weighted by molar-refractivity contribution is 7.92. The zero-order valence-corrected chi connectivity index (χ0v) is 13.8. The van der Waals surface area contributed by atoms with Gasteiger partial charge in [0, 0.05) is 24.8 Å². The number of fused-ring (bicyclic) bond motifs is 1.